The molecule has 1 aromatic heterocycles. The van der Waals surface area contributed by atoms with Gasteiger partial charge in [0.2, 0.25) is 5.95 Å². The quantitative estimate of drug-likeness (QED) is 0.871. The molecule has 0 bridgehead atoms. The monoisotopic (exact) mass is 246 g/mol. The number of aromatic nitrogens is 3. The number of hydrogen-bond acceptors (Lipinski definition) is 6. The average Bonchev–Trinajstić information content (AvgIpc) is 2.40. The normalized spacial score (nSPS) is 9.89. The SMILES string of the molecule is CCNc1nc(OC)nc(Oc2ccccc2)n1. The van der Waals surface area contributed by atoms with E-state index in [0.717, 1.165) is 0 Å². The van der Waals surface area contributed by atoms with Crippen molar-refractivity contribution in [2.24, 2.45) is 0 Å². The van der Waals surface area contributed by atoms with Crippen molar-refractivity contribution in [1.82, 2.24) is 15.0 Å². The van der Waals surface area contributed by atoms with Crippen LogP contribution in [0.2, 0.25) is 0 Å². The summed E-state index contributed by atoms with van der Waals surface area (Å²) in [6.45, 7) is 2.66. The van der Waals surface area contributed by atoms with Gasteiger partial charge in [-0.05, 0) is 19.1 Å². The van der Waals surface area contributed by atoms with Crippen LogP contribution in [0.1, 0.15) is 6.92 Å². The highest BCUT2D eigenvalue weighted by atomic mass is 16.5. The van der Waals surface area contributed by atoms with E-state index in [0.29, 0.717) is 18.2 Å². The van der Waals surface area contributed by atoms with Gasteiger partial charge in [-0.1, -0.05) is 18.2 Å². The van der Waals surface area contributed by atoms with Crippen LogP contribution in [0.25, 0.3) is 0 Å². The van der Waals surface area contributed by atoms with Crippen LogP contribution in [0.4, 0.5) is 5.95 Å². The van der Waals surface area contributed by atoms with E-state index in [1.807, 2.05) is 37.3 Å². The molecule has 0 aliphatic carbocycles. The Morgan fingerprint density at radius 1 is 1.06 bits per heavy atom. The predicted octanol–water partition coefficient (Wildman–Crippen LogP) is 2.10. The number of nitrogens with one attached hydrogen (secondary N) is 1. The Bertz CT molecular complexity index is 505. The van der Waals surface area contributed by atoms with Gasteiger partial charge in [-0.2, -0.15) is 9.97 Å². The lowest BCUT2D eigenvalue weighted by Crippen LogP contribution is -2.06. The molecule has 0 saturated carbocycles. The summed E-state index contributed by atoms with van der Waals surface area (Å²) in [5.74, 6) is 1.09. The van der Waals surface area contributed by atoms with Gasteiger partial charge in [0.05, 0.1) is 7.11 Å². The van der Waals surface area contributed by atoms with Crippen LogP contribution in [0, 0.1) is 0 Å². The van der Waals surface area contributed by atoms with Gasteiger partial charge in [-0.25, -0.2) is 0 Å². The zero-order valence-electron chi connectivity index (χ0n) is 10.3. The summed E-state index contributed by atoms with van der Waals surface area (Å²) in [5.41, 5.74) is 0. The molecular formula is C12H14N4O2. The zero-order chi connectivity index (χ0) is 12.8. The maximum Gasteiger partial charge on any atom is 0.330 e. The lowest BCUT2D eigenvalue weighted by Gasteiger charge is -2.07. The predicted molar refractivity (Wildman–Crippen MR) is 67.1 cm³/mol. The summed E-state index contributed by atoms with van der Waals surface area (Å²) >= 11 is 0. The Kier molecular flexibility index (Phi) is 3.90. The van der Waals surface area contributed by atoms with Crippen LogP contribution in [0.3, 0.4) is 0 Å². The smallest absolute Gasteiger partial charge is 0.330 e. The summed E-state index contributed by atoms with van der Waals surface area (Å²) in [7, 11) is 1.50. The largest absolute Gasteiger partial charge is 0.467 e. The summed E-state index contributed by atoms with van der Waals surface area (Å²) in [6, 6.07) is 9.71. The lowest BCUT2D eigenvalue weighted by molar-refractivity contribution is 0.360. The van der Waals surface area contributed by atoms with Crippen molar-refractivity contribution in [2.45, 2.75) is 6.92 Å². The fraction of sp³-hybridized carbons (Fsp3) is 0.250. The molecule has 1 N–H and O–H groups in total. The van der Waals surface area contributed by atoms with Crippen LogP contribution in [0.15, 0.2) is 30.3 Å². The molecule has 1 aromatic carbocycles. The van der Waals surface area contributed by atoms with Gasteiger partial charge in [0.15, 0.2) is 0 Å². The van der Waals surface area contributed by atoms with E-state index in [1.54, 1.807) is 0 Å². The van der Waals surface area contributed by atoms with E-state index in [-0.39, 0.29) is 12.0 Å². The average molecular weight is 246 g/mol. The number of ether oxygens (including phenoxy) is 2. The Labute approximate surface area is 105 Å². The Balaban J connectivity index is 2.24. The summed E-state index contributed by atoms with van der Waals surface area (Å²) in [5, 5.41) is 2.99. The first-order valence-electron chi connectivity index (χ1n) is 5.58. The van der Waals surface area contributed by atoms with Gasteiger partial charge in [0.25, 0.3) is 0 Å². The molecule has 0 aliphatic rings. The number of nitrogens with zero attached hydrogens (tertiary/aromatic N) is 3. The van der Waals surface area contributed by atoms with Crippen LogP contribution >= 0.6 is 0 Å². The fourth-order valence-corrected chi connectivity index (χ4v) is 1.31. The maximum atomic E-state index is 5.53. The zero-order valence-corrected chi connectivity index (χ0v) is 10.3. The molecule has 0 unspecified atom stereocenters. The highest BCUT2D eigenvalue weighted by Gasteiger charge is 2.07. The van der Waals surface area contributed by atoms with E-state index >= 15 is 0 Å². The molecule has 0 aliphatic heterocycles. The first-order chi connectivity index (χ1) is 8.81. The molecule has 0 amide bonds. The fourth-order valence-electron chi connectivity index (χ4n) is 1.31. The van der Waals surface area contributed by atoms with Crippen molar-refractivity contribution < 1.29 is 9.47 Å². The molecular weight excluding hydrogens is 232 g/mol. The highest BCUT2D eigenvalue weighted by molar-refractivity contribution is 5.30. The Morgan fingerprint density at radius 2 is 1.78 bits per heavy atom. The molecule has 6 nitrogen and oxygen atoms in total. The summed E-state index contributed by atoms with van der Waals surface area (Å²) in [4.78, 5) is 12.2. The Morgan fingerprint density at radius 3 is 2.44 bits per heavy atom. The summed E-state index contributed by atoms with van der Waals surface area (Å²) in [6.07, 6.45) is 0. The highest BCUT2D eigenvalue weighted by Crippen LogP contribution is 2.19. The molecule has 0 atom stereocenters. The number of benzene rings is 1. The van der Waals surface area contributed by atoms with E-state index in [2.05, 4.69) is 20.3 Å². The first-order valence-corrected chi connectivity index (χ1v) is 5.58. The number of methoxy groups -OCH3 is 1. The van der Waals surface area contributed by atoms with Crippen LogP contribution in [-0.2, 0) is 0 Å². The molecule has 2 rings (SSSR count). The third-order valence-corrected chi connectivity index (χ3v) is 2.06. The van der Waals surface area contributed by atoms with Crippen LogP contribution < -0.4 is 14.8 Å². The second kappa shape index (κ2) is 5.81. The van der Waals surface area contributed by atoms with Gasteiger partial charge < -0.3 is 14.8 Å². The molecule has 1 heterocycles. The minimum absolute atomic E-state index is 0.198. The maximum absolute atomic E-state index is 5.53. The number of para-hydroxylation sites is 1. The van der Waals surface area contributed by atoms with Gasteiger partial charge >= 0.3 is 12.0 Å². The third kappa shape index (κ3) is 3.07. The van der Waals surface area contributed by atoms with Crippen LogP contribution in [0.5, 0.6) is 17.8 Å². The van der Waals surface area contributed by atoms with Gasteiger partial charge in [-0.3, -0.25) is 0 Å². The first kappa shape index (κ1) is 12.1. The molecule has 0 radical (unpaired) electrons. The second-order valence-electron chi connectivity index (χ2n) is 3.37. The minimum Gasteiger partial charge on any atom is -0.467 e. The van der Waals surface area contributed by atoms with Crippen molar-refractivity contribution in [3.63, 3.8) is 0 Å². The molecule has 0 spiro atoms. The van der Waals surface area contributed by atoms with Crippen molar-refractivity contribution in [2.75, 3.05) is 19.0 Å². The van der Waals surface area contributed by atoms with E-state index in [9.17, 15) is 0 Å². The van der Waals surface area contributed by atoms with Crippen molar-refractivity contribution in [3.8, 4) is 17.8 Å². The number of hydrogen-bond donors (Lipinski definition) is 1. The summed E-state index contributed by atoms with van der Waals surface area (Å²) < 4.78 is 10.5. The van der Waals surface area contributed by atoms with Crippen molar-refractivity contribution in [3.05, 3.63) is 30.3 Å². The third-order valence-electron chi connectivity index (χ3n) is 2.06. The molecule has 18 heavy (non-hydrogen) atoms. The van der Waals surface area contributed by atoms with E-state index in [1.165, 1.54) is 7.11 Å². The Hall–Kier alpha value is -2.37. The van der Waals surface area contributed by atoms with Crippen LogP contribution in [-0.4, -0.2) is 28.6 Å². The van der Waals surface area contributed by atoms with Gasteiger partial charge in [0.1, 0.15) is 5.75 Å². The molecule has 0 saturated heterocycles. The van der Waals surface area contributed by atoms with E-state index < -0.39 is 0 Å². The van der Waals surface area contributed by atoms with E-state index in [4.69, 9.17) is 9.47 Å². The van der Waals surface area contributed by atoms with Crippen molar-refractivity contribution >= 4 is 5.95 Å². The second-order valence-corrected chi connectivity index (χ2v) is 3.37. The standard InChI is InChI=1S/C12H14N4O2/c1-3-13-10-14-11(17-2)16-12(15-10)18-9-7-5-4-6-8-9/h4-8H,3H2,1-2H3,(H,13,14,15,16). The van der Waals surface area contributed by atoms with Gasteiger partial charge in [-0.15, -0.1) is 4.98 Å². The molecule has 2 aromatic rings. The van der Waals surface area contributed by atoms with Crippen molar-refractivity contribution in [1.29, 1.82) is 0 Å². The number of rotatable bonds is 5. The minimum atomic E-state index is 0.198. The topological polar surface area (TPSA) is 69.2 Å². The molecule has 6 heteroatoms. The number of anilines is 1. The molecule has 0 fully saturated rings. The molecule has 94 valence electrons. The van der Waals surface area contributed by atoms with Gasteiger partial charge in [0, 0.05) is 6.54 Å². The lowest BCUT2D eigenvalue weighted by atomic mass is 10.3.